The molecule has 0 spiro atoms. The van der Waals surface area contributed by atoms with Crippen molar-refractivity contribution in [3.8, 4) is 5.75 Å². The molecule has 0 saturated heterocycles. The zero-order chi connectivity index (χ0) is 18.2. The second-order valence-corrected chi connectivity index (χ2v) is 5.68. The Kier molecular flexibility index (Phi) is 6.86. The van der Waals surface area contributed by atoms with Crippen LogP contribution in [0.15, 0.2) is 48.5 Å². The molecule has 1 amide bonds. The van der Waals surface area contributed by atoms with Crippen LogP contribution < -0.4 is 10.1 Å². The van der Waals surface area contributed by atoms with Gasteiger partial charge in [0.2, 0.25) is 0 Å². The molecule has 0 aliphatic carbocycles. The van der Waals surface area contributed by atoms with Crippen LogP contribution >= 0.6 is 23.2 Å². The molecule has 0 aromatic heterocycles. The number of ether oxygens (including phenoxy) is 2. The van der Waals surface area contributed by atoms with E-state index >= 15 is 0 Å². The van der Waals surface area contributed by atoms with Gasteiger partial charge >= 0.3 is 5.97 Å². The number of carbonyl (C=O) groups is 2. The van der Waals surface area contributed by atoms with Gasteiger partial charge < -0.3 is 14.8 Å². The Balaban J connectivity index is 1.85. The zero-order valence-electron chi connectivity index (χ0n) is 13.3. The first kappa shape index (κ1) is 18.8. The lowest BCUT2D eigenvalue weighted by Gasteiger charge is -2.09. The maximum Gasteiger partial charge on any atom is 0.331 e. The smallest absolute Gasteiger partial charge is 0.331 e. The van der Waals surface area contributed by atoms with E-state index in [9.17, 15) is 9.59 Å². The van der Waals surface area contributed by atoms with Crippen molar-refractivity contribution in [3.63, 3.8) is 0 Å². The maximum atomic E-state index is 11.8. The summed E-state index contributed by atoms with van der Waals surface area (Å²) in [7, 11) is 1.50. The largest absolute Gasteiger partial charge is 0.495 e. The first-order valence-corrected chi connectivity index (χ1v) is 7.98. The lowest BCUT2D eigenvalue weighted by molar-refractivity contribution is -0.142. The van der Waals surface area contributed by atoms with Crippen molar-refractivity contribution in [2.75, 3.05) is 19.0 Å². The van der Waals surface area contributed by atoms with E-state index in [1.54, 1.807) is 42.5 Å². The fourth-order valence-electron chi connectivity index (χ4n) is 1.90. The Morgan fingerprint density at radius 3 is 2.60 bits per heavy atom. The number of benzene rings is 2. The third-order valence-corrected chi connectivity index (χ3v) is 3.82. The van der Waals surface area contributed by atoms with Gasteiger partial charge in [-0.25, -0.2) is 4.79 Å². The average Bonchev–Trinajstić information content (AvgIpc) is 2.61. The molecule has 0 heterocycles. The molecule has 0 saturated carbocycles. The molecule has 130 valence electrons. The molecule has 2 aromatic carbocycles. The summed E-state index contributed by atoms with van der Waals surface area (Å²) in [6.45, 7) is -0.414. The summed E-state index contributed by atoms with van der Waals surface area (Å²) in [6, 6.07) is 11.9. The molecule has 0 aliphatic rings. The van der Waals surface area contributed by atoms with E-state index in [0.29, 0.717) is 27.0 Å². The third-order valence-electron chi connectivity index (χ3n) is 3.08. The summed E-state index contributed by atoms with van der Waals surface area (Å²) in [6.07, 6.45) is 2.72. The van der Waals surface area contributed by atoms with E-state index in [-0.39, 0.29) is 0 Å². The van der Waals surface area contributed by atoms with E-state index in [1.807, 2.05) is 0 Å². The van der Waals surface area contributed by atoms with E-state index in [0.717, 1.165) is 0 Å². The van der Waals surface area contributed by atoms with E-state index in [2.05, 4.69) is 5.32 Å². The highest BCUT2D eigenvalue weighted by Gasteiger charge is 2.08. The number of esters is 1. The van der Waals surface area contributed by atoms with Crippen molar-refractivity contribution in [3.05, 3.63) is 64.1 Å². The number of rotatable bonds is 6. The van der Waals surface area contributed by atoms with Crippen LogP contribution in [0.4, 0.5) is 5.69 Å². The highest BCUT2D eigenvalue weighted by Crippen LogP contribution is 2.23. The van der Waals surface area contributed by atoms with Gasteiger partial charge in [-0.15, -0.1) is 0 Å². The van der Waals surface area contributed by atoms with E-state index in [4.69, 9.17) is 32.7 Å². The number of para-hydroxylation sites is 2. The fraction of sp³-hybridized carbons (Fsp3) is 0.111. The zero-order valence-corrected chi connectivity index (χ0v) is 14.8. The number of hydrogen-bond acceptors (Lipinski definition) is 4. The number of amides is 1. The number of methoxy groups -OCH3 is 1. The van der Waals surface area contributed by atoms with Crippen molar-refractivity contribution in [1.82, 2.24) is 0 Å². The minimum absolute atomic E-state index is 0.383. The molecule has 5 nitrogen and oxygen atoms in total. The predicted molar refractivity (Wildman–Crippen MR) is 98.1 cm³/mol. The molecule has 0 atom stereocenters. The molecule has 2 aromatic rings. The lowest BCUT2D eigenvalue weighted by Crippen LogP contribution is -2.20. The van der Waals surface area contributed by atoms with Gasteiger partial charge in [-0.05, 0) is 35.9 Å². The number of anilines is 1. The number of halogens is 2. The SMILES string of the molecule is COc1ccccc1NC(=O)COC(=O)/C=C/c1ccc(Cl)c(Cl)c1. The molecule has 0 aliphatic heterocycles. The normalized spacial score (nSPS) is 10.5. The molecule has 7 heteroatoms. The van der Waals surface area contributed by atoms with Crippen LogP contribution in [-0.4, -0.2) is 25.6 Å². The van der Waals surface area contributed by atoms with E-state index < -0.39 is 18.5 Å². The Morgan fingerprint density at radius 1 is 1.12 bits per heavy atom. The Morgan fingerprint density at radius 2 is 1.88 bits per heavy atom. The topological polar surface area (TPSA) is 64.6 Å². The van der Waals surface area contributed by atoms with E-state index in [1.165, 1.54) is 19.3 Å². The van der Waals surface area contributed by atoms with Crippen molar-refractivity contribution in [2.24, 2.45) is 0 Å². The monoisotopic (exact) mass is 379 g/mol. The van der Waals surface area contributed by atoms with Crippen LogP contribution in [0.2, 0.25) is 10.0 Å². The van der Waals surface area contributed by atoms with Crippen LogP contribution in [0.5, 0.6) is 5.75 Å². The minimum atomic E-state index is -0.652. The van der Waals surface area contributed by atoms with Gasteiger partial charge in [-0.3, -0.25) is 4.79 Å². The molecule has 0 bridgehead atoms. The molecular weight excluding hydrogens is 365 g/mol. The first-order chi connectivity index (χ1) is 12.0. The highest BCUT2D eigenvalue weighted by atomic mass is 35.5. The van der Waals surface area contributed by atoms with Crippen molar-refractivity contribution < 1.29 is 19.1 Å². The Hall–Kier alpha value is -2.50. The minimum Gasteiger partial charge on any atom is -0.495 e. The molecule has 2 rings (SSSR count). The molecular formula is C18H15Cl2NO4. The second kappa shape index (κ2) is 9.11. The lowest BCUT2D eigenvalue weighted by atomic mass is 10.2. The van der Waals surface area contributed by atoms with Crippen LogP contribution in [0.1, 0.15) is 5.56 Å². The van der Waals surface area contributed by atoms with Gasteiger partial charge in [0, 0.05) is 6.08 Å². The average molecular weight is 380 g/mol. The third kappa shape index (κ3) is 5.81. The fourth-order valence-corrected chi connectivity index (χ4v) is 2.21. The van der Waals surface area contributed by atoms with Gasteiger partial charge in [0.1, 0.15) is 5.75 Å². The van der Waals surface area contributed by atoms with Crippen molar-refractivity contribution in [1.29, 1.82) is 0 Å². The van der Waals surface area contributed by atoms with Gasteiger partial charge in [0.25, 0.3) is 5.91 Å². The molecule has 0 fully saturated rings. The summed E-state index contributed by atoms with van der Waals surface area (Å²) in [5.74, 6) is -0.608. The molecule has 0 radical (unpaired) electrons. The van der Waals surface area contributed by atoms with Gasteiger partial charge in [0.05, 0.1) is 22.8 Å². The second-order valence-electron chi connectivity index (χ2n) is 4.86. The van der Waals surface area contributed by atoms with Crippen molar-refractivity contribution in [2.45, 2.75) is 0 Å². The van der Waals surface area contributed by atoms with Crippen molar-refractivity contribution >= 4 is 46.8 Å². The summed E-state index contributed by atoms with van der Waals surface area (Å²) < 4.78 is 10.0. The molecule has 25 heavy (non-hydrogen) atoms. The maximum absolute atomic E-state index is 11.8. The van der Waals surface area contributed by atoms with Crippen LogP contribution in [0.3, 0.4) is 0 Å². The van der Waals surface area contributed by atoms with Gasteiger partial charge in [-0.2, -0.15) is 0 Å². The number of carbonyl (C=O) groups excluding carboxylic acids is 2. The summed E-state index contributed by atoms with van der Waals surface area (Å²) in [5, 5.41) is 3.42. The quantitative estimate of drug-likeness (QED) is 0.603. The predicted octanol–water partition coefficient (Wildman–Crippen LogP) is 4.20. The van der Waals surface area contributed by atoms with Crippen LogP contribution in [-0.2, 0) is 14.3 Å². The van der Waals surface area contributed by atoms with Gasteiger partial charge in [0.15, 0.2) is 6.61 Å². The summed E-state index contributed by atoms with van der Waals surface area (Å²) in [5.41, 5.74) is 1.18. The van der Waals surface area contributed by atoms with Crippen LogP contribution in [0, 0.1) is 0 Å². The number of nitrogens with one attached hydrogen (secondary N) is 1. The van der Waals surface area contributed by atoms with Crippen LogP contribution in [0.25, 0.3) is 6.08 Å². The standard InChI is InChI=1S/C18H15Cl2NO4/c1-24-16-5-3-2-4-15(16)21-17(22)11-25-18(23)9-7-12-6-8-13(19)14(20)10-12/h2-10H,11H2,1H3,(H,21,22)/b9-7+. The van der Waals surface area contributed by atoms with Gasteiger partial charge in [-0.1, -0.05) is 41.4 Å². The summed E-state index contributed by atoms with van der Waals surface area (Å²) >= 11 is 11.7. The number of hydrogen-bond donors (Lipinski definition) is 1. The molecule has 1 N–H and O–H groups in total. The summed E-state index contributed by atoms with van der Waals surface area (Å²) in [4.78, 5) is 23.5. The Bertz CT molecular complexity index is 805. The highest BCUT2D eigenvalue weighted by molar-refractivity contribution is 6.42. The molecule has 0 unspecified atom stereocenters. The Labute approximate surface area is 155 Å². The first-order valence-electron chi connectivity index (χ1n) is 7.22.